The van der Waals surface area contributed by atoms with Crippen LogP contribution in [-0.2, 0) is 14.4 Å². The summed E-state index contributed by atoms with van der Waals surface area (Å²) in [5.41, 5.74) is 1.73. The number of rotatable bonds is 6. The normalized spacial score (nSPS) is 15.3. The molecule has 0 aromatic heterocycles. The lowest BCUT2D eigenvalue weighted by atomic mass is 9.66. The number of para-hydroxylation sites is 1. The molecule has 0 aliphatic heterocycles. The minimum Gasteiger partial charge on any atom is -0.481 e. The van der Waals surface area contributed by atoms with Crippen molar-refractivity contribution in [3.63, 3.8) is 0 Å². The number of hydrogen-bond donors (Lipinski definition) is 2. The molecule has 1 fully saturated rings. The minimum atomic E-state index is -0.936. The van der Waals surface area contributed by atoms with Gasteiger partial charge >= 0.3 is 5.97 Å². The average Bonchev–Trinajstić information content (AvgIpc) is 2.46. The second kappa shape index (κ2) is 7.03. The molecule has 1 aromatic carbocycles. The Kier molecular flexibility index (Phi) is 5.26. The number of carbonyl (C=O) groups excluding carboxylic acids is 2. The molecule has 6 heteroatoms. The zero-order chi connectivity index (χ0) is 17.9. The van der Waals surface area contributed by atoms with E-state index in [-0.39, 0.29) is 24.8 Å². The van der Waals surface area contributed by atoms with Gasteiger partial charge in [0.05, 0.1) is 12.0 Å². The van der Waals surface area contributed by atoms with Crippen LogP contribution in [0.3, 0.4) is 0 Å². The molecule has 0 unspecified atom stereocenters. The Morgan fingerprint density at radius 2 is 1.79 bits per heavy atom. The first-order valence-corrected chi connectivity index (χ1v) is 8.08. The fourth-order valence-corrected chi connectivity index (χ4v) is 2.99. The Bertz CT molecular complexity index is 645. The van der Waals surface area contributed by atoms with Gasteiger partial charge < -0.3 is 15.3 Å². The second-order valence-electron chi connectivity index (χ2n) is 6.68. The summed E-state index contributed by atoms with van der Waals surface area (Å²) in [6, 6.07) is 5.73. The molecule has 0 spiro atoms. The molecule has 2 rings (SSSR count). The Morgan fingerprint density at radius 1 is 1.21 bits per heavy atom. The fraction of sp³-hybridized carbons (Fsp3) is 0.500. The van der Waals surface area contributed by atoms with Crippen molar-refractivity contribution in [2.75, 3.05) is 18.9 Å². The maximum atomic E-state index is 12.3. The molecular formula is C18H24N2O4. The molecule has 130 valence electrons. The van der Waals surface area contributed by atoms with Gasteiger partial charge in [-0.1, -0.05) is 24.6 Å². The van der Waals surface area contributed by atoms with Crippen LogP contribution >= 0.6 is 0 Å². The lowest BCUT2D eigenvalue weighted by molar-refractivity contribution is -0.159. The quantitative estimate of drug-likeness (QED) is 0.837. The zero-order valence-corrected chi connectivity index (χ0v) is 14.4. The average molecular weight is 332 g/mol. The van der Waals surface area contributed by atoms with E-state index in [0.717, 1.165) is 23.2 Å². The van der Waals surface area contributed by atoms with E-state index >= 15 is 0 Å². The highest BCUT2D eigenvalue weighted by Crippen LogP contribution is 2.44. The first-order chi connectivity index (χ1) is 11.2. The number of amides is 2. The monoisotopic (exact) mass is 332 g/mol. The van der Waals surface area contributed by atoms with E-state index < -0.39 is 11.4 Å². The number of nitrogens with zero attached hydrogens (tertiary/aromatic N) is 1. The highest BCUT2D eigenvalue weighted by Gasteiger charge is 2.46. The Labute approximate surface area is 141 Å². The fourth-order valence-electron chi connectivity index (χ4n) is 2.99. The summed E-state index contributed by atoms with van der Waals surface area (Å²) in [5, 5.41) is 12.1. The predicted molar refractivity (Wildman–Crippen MR) is 90.7 cm³/mol. The van der Waals surface area contributed by atoms with Crippen molar-refractivity contribution in [1.29, 1.82) is 0 Å². The Balaban J connectivity index is 1.94. The molecule has 0 saturated heterocycles. The van der Waals surface area contributed by atoms with Crippen LogP contribution in [0.1, 0.15) is 36.8 Å². The lowest BCUT2D eigenvalue weighted by Crippen LogP contribution is -2.44. The highest BCUT2D eigenvalue weighted by molar-refractivity contribution is 5.96. The summed E-state index contributed by atoms with van der Waals surface area (Å²) < 4.78 is 0. The molecule has 0 bridgehead atoms. The molecule has 0 atom stereocenters. The molecular weight excluding hydrogens is 308 g/mol. The van der Waals surface area contributed by atoms with Gasteiger partial charge in [-0.2, -0.15) is 0 Å². The molecule has 1 aromatic rings. The van der Waals surface area contributed by atoms with Gasteiger partial charge in [-0.05, 0) is 37.8 Å². The number of nitrogens with one attached hydrogen (secondary N) is 1. The second-order valence-corrected chi connectivity index (χ2v) is 6.68. The van der Waals surface area contributed by atoms with E-state index in [4.69, 9.17) is 0 Å². The molecule has 0 heterocycles. The Morgan fingerprint density at radius 3 is 2.25 bits per heavy atom. The van der Waals surface area contributed by atoms with Gasteiger partial charge in [-0.3, -0.25) is 14.4 Å². The third kappa shape index (κ3) is 3.75. The number of hydrogen-bond acceptors (Lipinski definition) is 3. The van der Waals surface area contributed by atoms with Crippen LogP contribution in [0.15, 0.2) is 18.2 Å². The van der Waals surface area contributed by atoms with E-state index in [9.17, 15) is 19.5 Å². The van der Waals surface area contributed by atoms with Crippen LogP contribution in [0.2, 0.25) is 0 Å². The first-order valence-electron chi connectivity index (χ1n) is 8.08. The van der Waals surface area contributed by atoms with Crippen molar-refractivity contribution in [2.24, 2.45) is 5.41 Å². The van der Waals surface area contributed by atoms with Gasteiger partial charge in [0.25, 0.3) is 0 Å². The molecule has 2 amide bonds. The van der Waals surface area contributed by atoms with Crippen molar-refractivity contribution < 1.29 is 19.5 Å². The predicted octanol–water partition coefficient (Wildman–Crippen LogP) is 2.35. The van der Waals surface area contributed by atoms with E-state index in [0.29, 0.717) is 12.8 Å². The maximum Gasteiger partial charge on any atom is 0.310 e. The van der Waals surface area contributed by atoms with Gasteiger partial charge in [0.15, 0.2) is 0 Å². The van der Waals surface area contributed by atoms with Gasteiger partial charge in [0, 0.05) is 19.2 Å². The van der Waals surface area contributed by atoms with Crippen LogP contribution in [0.5, 0.6) is 0 Å². The third-order valence-corrected chi connectivity index (χ3v) is 4.81. The van der Waals surface area contributed by atoms with Gasteiger partial charge in [0.1, 0.15) is 0 Å². The SMILES string of the molecule is Cc1cccc(C)c1NC(=O)CN(C)C(=O)CC1(C(=O)O)CCC1. The van der Waals surface area contributed by atoms with Crippen molar-refractivity contribution in [3.8, 4) is 0 Å². The van der Waals surface area contributed by atoms with Crippen LogP contribution in [-0.4, -0.2) is 41.4 Å². The Hall–Kier alpha value is -2.37. The van der Waals surface area contributed by atoms with Crippen molar-refractivity contribution in [3.05, 3.63) is 29.3 Å². The van der Waals surface area contributed by atoms with Crippen molar-refractivity contribution in [2.45, 2.75) is 39.5 Å². The number of carboxylic acid groups (broad SMARTS) is 1. The zero-order valence-electron chi connectivity index (χ0n) is 14.4. The van der Waals surface area contributed by atoms with Crippen LogP contribution in [0, 0.1) is 19.3 Å². The number of aliphatic carboxylic acids is 1. The van der Waals surface area contributed by atoms with Crippen molar-refractivity contribution >= 4 is 23.5 Å². The van der Waals surface area contributed by atoms with Gasteiger partial charge in [0.2, 0.25) is 11.8 Å². The summed E-state index contributed by atoms with van der Waals surface area (Å²) in [6.45, 7) is 3.72. The molecule has 1 aliphatic rings. The summed E-state index contributed by atoms with van der Waals surface area (Å²) in [5.74, 6) is -1.52. The number of carboxylic acids is 1. The van der Waals surface area contributed by atoms with E-state index in [1.807, 2.05) is 32.0 Å². The molecule has 0 radical (unpaired) electrons. The number of aryl methyl sites for hydroxylation is 2. The van der Waals surface area contributed by atoms with E-state index in [1.54, 1.807) is 0 Å². The lowest BCUT2D eigenvalue weighted by Gasteiger charge is -2.37. The largest absolute Gasteiger partial charge is 0.481 e. The summed E-state index contributed by atoms with van der Waals surface area (Å²) in [4.78, 5) is 37.1. The van der Waals surface area contributed by atoms with E-state index in [1.165, 1.54) is 11.9 Å². The number of benzene rings is 1. The highest BCUT2D eigenvalue weighted by atomic mass is 16.4. The van der Waals surface area contributed by atoms with Crippen molar-refractivity contribution in [1.82, 2.24) is 4.90 Å². The smallest absolute Gasteiger partial charge is 0.310 e. The third-order valence-electron chi connectivity index (χ3n) is 4.81. The minimum absolute atomic E-state index is 0.0461. The number of anilines is 1. The molecule has 2 N–H and O–H groups in total. The van der Waals surface area contributed by atoms with Crippen LogP contribution in [0.4, 0.5) is 5.69 Å². The standard InChI is InChI=1S/C18H24N2O4/c1-12-6-4-7-13(2)16(12)19-14(21)11-20(3)15(22)10-18(17(23)24)8-5-9-18/h4,6-7H,5,8-11H2,1-3H3,(H,19,21)(H,23,24). The summed E-state index contributed by atoms with van der Waals surface area (Å²) in [7, 11) is 1.53. The molecule has 1 saturated carbocycles. The van der Waals surface area contributed by atoms with E-state index in [2.05, 4.69) is 5.32 Å². The number of likely N-dealkylation sites (N-methyl/N-ethyl adjacent to an activating group) is 1. The first kappa shape index (κ1) is 18.0. The molecule has 6 nitrogen and oxygen atoms in total. The van der Waals surface area contributed by atoms with Gasteiger partial charge in [-0.15, -0.1) is 0 Å². The molecule has 1 aliphatic carbocycles. The topological polar surface area (TPSA) is 86.7 Å². The summed E-state index contributed by atoms with van der Waals surface area (Å²) >= 11 is 0. The summed E-state index contributed by atoms with van der Waals surface area (Å²) in [6.07, 6.45) is 1.83. The maximum absolute atomic E-state index is 12.3. The molecule has 24 heavy (non-hydrogen) atoms. The van der Waals surface area contributed by atoms with Gasteiger partial charge in [-0.25, -0.2) is 0 Å². The van der Waals surface area contributed by atoms with Crippen LogP contribution < -0.4 is 5.32 Å². The number of carbonyl (C=O) groups is 3. The van der Waals surface area contributed by atoms with Crippen LogP contribution in [0.25, 0.3) is 0 Å².